The molecular formula is C26H34N4. The van der Waals surface area contributed by atoms with E-state index in [9.17, 15) is 0 Å². The van der Waals surface area contributed by atoms with Crippen LogP contribution in [0.4, 0.5) is 5.69 Å². The van der Waals surface area contributed by atoms with Gasteiger partial charge in [0.1, 0.15) is 5.82 Å². The maximum atomic E-state index is 4.82. The van der Waals surface area contributed by atoms with Crippen LogP contribution in [0.25, 0.3) is 10.8 Å². The molecule has 158 valence electrons. The summed E-state index contributed by atoms with van der Waals surface area (Å²) in [6.45, 7) is 11.0. The van der Waals surface area contributed by atoms with Crippen molar-refractivity contribution in [3.05, 3.63) is 64.7 Å². The van der Waals surface area contributed by atoms with E-state index in [-0.39, 0.29) is 0 Å². The molecule has 1 fully saturated rings. The molecule has 4 heteroatoms. The van der Waals surface area contributed by atoms with E-state index in [0.717, 1.165) is 37.4 Å². The number of rotatable bonds is 2. The third-order valence-electron chi connectivity index (χ3n) is 6.40. The van der Waals surface area contributed by atoms with Crippen LogP contribution in [0.5, 0.6) is 0 Å². The normalized spacial score (nSPS) is 16.3. The van der Waals surface area contributed by atoms with E-state index in [4.69, 9.17) is 4.98 Å². The summed E-state index contributed by atoms with van der Waals surface area (Å²) in [6.07, 6.45) is 4.74. The number of aryl methyl sites for hydroxylation is 3. The van der Waals surface area contributed by atoms with Crippen molar-refractivity contribution in [3.8, 4) is 0 Å². The highest BCUT2D eigenvalue weighted by Crippen LogP contribution is 2.33. The van der Waals surface area contributed by atoms with Gasteiger partial charge in [-0.2, -0.15) is 0 Å². The molecule has 0 aliphatic carbocycles. The number of fused-ring (bicyclic) bond motifs is 2. The van der Waals surface area contributed by atoms with Crippen LogP contribution >= 0.6 is 0 Å². The van der Waals surface area contributed by atoms with E-state index >= 15 is 0 Å². The summed E-state index contributed by atoms with van der Waals surface area (Å²) < 4.78 is 0. The minimum absolute atomic E-state index is 0.874. The summed E-state index contributed by atoms with van der Waals surface area (Å²) in [4.78, 5) is 14.3. The van der Waals surface area contributed by atoms with Crippen molar-refractivity contribution < 1.29 is 0 Å². The van der Waals surface area contributed by atoms with E-state index in [1.807, 2.05) is 0 Å². The Hall–Kier alpha value is -2.46. The molecule has 0 unspecified atom stereocenters. The van der Waals surface area contributed by atoms with Crippen LogP contribution < -0.4 is 4.90 Å². The maximum Gasteiger partial charge on any atom is 0.128 e. The molecule has 0 radical (unpaired) electrons. The zero-order valence-corrected chi connectivity index (χ0v) is 18.9. The summed E-state index contributed by atoms with van der Waals surface area (Å²) in [6, 6.07) is 13.1. The molecule has 0 N–H and O–H groups in total. The largest absolute Gasteiger partial charge is 0.365 e. The second-order valence-corrected chi connectivity index (χ2v) is 8.64. The van der Waals surface area contributed by atoms with Crippen molar-refractivity contribution in [2.75, 3.05) is 31.6 Å². The molecule has 2 aliphatic rings. The van der Waals surface area contributed by atoms with Gasteiger partial charge in [0.25, 0.3) is 0 Å². The third kappa shape index (κ3) is 4.34. The average molecular weight is 403 g/mol. The fraction of sp³-hybridized carbons (Fsp3) is 0.462. The first-order chi connectivity index (χ1) is 14.6. The number of hydrogen-bond donors (Lipinski definition) is 0. The molecule has 3 heterocycles. The molecule has 1 aromatic heterocycles. The third-order valence-corrected chi connectivity index (χ3v) is 6.40. The molecule has 1 saturated heterocycles. The van der Waals surface area contributed by atoms with Crippen LogP contribution in [0.1, 0.15) is 48.1 Å². The number of nitrogens with zero attached hydrogens (tertiary/aromatic N) is 4. The minimum atomic E-state index is 0.874. The minimum Gasteiger partial charge on any atom is -0.365 e. The Morgan fingerprint density at radius 2 is 1.67 bits per heavy atom. The van der Waals surface area contributed by atoms with Crippen LogP contribution in [0.2, 0.25) is 0 Å². The quantitative estimate of drug-likeness (QED) is 0.598. The lowest BCUT2D eigenvalue weighted by atomic mass is 9.99. The summed E-state index contributed by atoms with van der Waals surface area (Å²) in [5.74, 6) is 0.960. The van der Waals surface area contributed by atoms with Crippen LogP contribution in [0, 0.1) is 13.8 Å². The van der Waals surface area contributed by atoms with Crippen molar-refractivity contribution >= 4 is 16.5 Å². The monoisotopic (exact) mass is 402 g/mol. The van der Waals surface area contributed by atoms with E-state index in [1.54, 1.807) is 0 Å². The molecule has 0 bridgehead atoms. The van der Waals surface area contributed by atoms with Crippen LogP contribution in [-0.4, -0.2) is 41.5 Å². The smallest absolute Gasteiger partial charge is 0.128 e. The second-order valence-electron chi connectivity index (χ2n) is 8.64. The van der Waals surface area contributed by atoms with Gasteiger partial charge in [0, 0.05) is 29.7 Å². The van der Waals surface area contributed by atoms with Crippen molar-refractivity contribution in [3.63, 3.8) is 0 Å². The second kappa shape index (κ2) is 9.13. The van der Waals surface area contributed by atoms with Crippen LogP contribution in [0.15, 0.2) is 36.4 Å². The maximum absolute atomic E-state index is 4.82. The molecule has 0 amide bonds. The van der Waals surface area contributed by atoms with Gasteiger partial charge in [0.15, 0.2) is 0 Å². The number of benzene rings is 2. The first kappa shape index (κ1) is 20.8. The van der Waals surface area contributed by atoms with Crippen molar-refractivity contribution in [2.45, 2.75) is 53.0 Å². The van der Waals surface area contributed by atoms with E-state index in [0.29, 0.717) is 0 Å². The van der Waals surface area contributed by atoms with E-state index in [1.165, 1.54) is 59.2 Å². The molecule has 3 aromatic rings. The summed E-state index contributed by atoms with van der Waals surface area (Å²) in [7, 11) is 2.17. The number of aromatic nitrogens is 2. The highest BCUT2D eigenvalue weighted by molar-refractivity contribution is 5.96. The number of likely N-dealkylation sites (tertiary alicyclic amines) is 1. The van der Waals surface area contributed by atoms with E-state index in [2.05, 4.69) is 79.0 Å². The predicted octanol–water partition coefficient (Wildman–Crippen LogP) is 5.08. The highest BCUT2D eigenvalue weighted by atomic mass is 15.1. The Labute approximate surface area is 181 Å². The lowest BCUT2D eigenvalue weighted by molar-refractivity contribution is 0.418. The van der Waals surface area contributed by atoms with Gasteiger partial charge >= 0.3 is 0 Å². The van der Waals surface area contributed by atoms with Gasteiger partial charge < -0.3 is 9.80 Å². The SMILES string of the molecule is CCc1nc(C)c2c(n1)CN(c1cccc3cccc(C)c13)CC2.CN1CCCC1. The molecule has 4 nitrogen and oxygen atoms in total. The Balaban J connectivity index is 0.000000313. The lowest BCUT2D eigenvalue weighted by Gasteiger charge is -2.32. The standard InChI is InChI=1S/C21H23N3.C5H11N/c1-4-20-22-15(3)17-11-12-24(13-18(17)23-20)19-10-6-9-16-8-5-7-14(2)21(16)19;1-6-4-2-3-5-6/h5-10H,4,11-13H2,1-3H3;2-5H2,1H3. The molecule has 5 rings (SSSR count). The predicted molar refractivity (Wildman–Crippen MR) is 126 cm³/mol. The summed E-state index contributed by atoms with van der Waals surface area (Å²) in [5.41, 5.74) is 6.37. The highest BCUT2D eigenvalue weighted by Gasteiger charge is 2.22. The first-order valence-electron chi connectivity index (χ1n) is 11.3. The Kier molecular flexibility index (Phi) is 6.33. The van der Waals surface area contributed by atoms with Gasteiger partial charge in [-0.15, -0.1) is 0 Å². The molecule has 0 atom stereocenters. The average Bonchev–Trinajstić information content (AvgIpc) is 3.24. The number of anilines is 1. The summed E-state index contributed by atoms with van der Waals surface area (Å²) >= 11 is 0. The molecular weight excluding hydrogens is 368 g/mol. The van der Waals surface area contributed by atoms with Gasteiger partial charge in [-0.25, -0.2) is 9.97 Å². The topological polar surface area (TPSA) is 32.3 Å². The van der Waals surface area contributed by atoms with Crippen molar-refractivity contribution in [1.82, 2.24) is 14.9 Å². The zero-order valence-electron chi connectivity index (χ0n) is 18.9. The Morgan fingerprint density at radius 3 is 2.33 bits per heavy atom. The van der Waals surface area contributed by atoms with Gasteiger partial charge in [-0.05, 0) is 75.8 Å². The molecule has 2 aliphatic heterocycles. The summed E-state index contributed by atoms with van der Waals surface area (Å²) in [5, 5.41) is 2.68. The van der Waals surface area contributed by atoms with Crippen molar-refractivity contribution in [2.24, 2.45) is 0 Å². The van der Waals surface area contributed by atoms with Gasteiger partial charge in [-0.3, -0.25) is 0 Å². The van der Waals surface area contributed by atoms with Gasteiger partial charge in [-0.1, -0.05) is 37.3 Å². The zero-order chi connectivity index (χ0) is 21.1. The molecule has 2 aromatic carbocycles. The van der Waals surface area contributed by atoms with Crippen LogP contribution in [0.3, 0.4) is 0 Å². The Bertz CT molecular complexity index is 1020. The van der Waals surface area contributed by atoms with Crippen LogP contribution in [-0.2, 0) is 19.4 Å². The lowest BCUT2D eigenvalue weighted by Crippen LogP contribution is -2.32. The molecule has 30 heavy (non-hydrogen) atoms. The fourth-order valence-electron chi connectivity index (χ4n) is 4.69. The van der Waals surface area contributed by atoms with Gasteiger partial charge in [0.05, 0.1) is 12.2 Å². The first-order valence-corrected chi connectivity index (χ1v) is 11.3. The Morgan fingerprint density at radius 1 is 0.933 bits per heavy atom. The molecule has 0 spiro atoms. The van der Waals surface area contributed by atoms with E-state index < -0.39 is 0 Å². The number of hydrogen-bond acceptors (Lipinski definition) is 4. The fourth-order valence-corrected chi connectivity index (χ4v) is 4.69. The molecule has 0 saturated carbocycles. The van der Waals surface area contributed by atoms with Gasteiger partial charge in [0.2, 0.25) is 0 Å². The van der Waals surface area contributed by atoms with Crippen molar-refractivity contribution in [1.29, 1.82) is 0 Å².